The van der Waals surface area contributed by atoms with Crippen LogP contribution in [0.4, 0.5) is 0 Å². The van der Waals surface area contributed by atoms with Gasteiger partial charge in [0, 0.05) is 37.9 Å². The lowest BCUT2D eigenvalue weighted by molar-refractivity contribution is 0.0954. The maximum absolute atomic E-state index is 12.7. The number of methoxy groups -OCH3 is 1. The van der Waals surface area contributed by atoms with Crippen LogP contribution < -0.4 is 5.32 Å². The molecule has 0 aliphatic carbocycles. The van der Waals surface area contributed by atoms with Gasteiger partial charge in [0.25, 0.3) is 5.91 Å². The van der Waals surface area contributed by atoms with Crippen molar-refractivity contribution in [3.8, 4) is 11.3 Å². The van der Waals surface area contributed by atoms with Crippen LogP contribution in [0.5, 0.6) is 0 Å². The fourth-order valence-electron chi connectivity index (χ4n) is 2.74. The molecular formula is C18H22N6O2. The van der Waals surface area contributed by atoms with Crippen molar-refractivity contribution in [2.24, 2.45) is 0 Å². The molecule has 1 amide bonds. The molecule has 0 bridgehead atoms. The van der Waals surface area contributed by atoms with E-state index in [0.717, 1.165) is 17.1 Å². The van der Waals surface area contributed by atoms with Crippen LogP contribution in [-0.4, -0.2) is 51.1 Å². The molecule has 0 spiro atoms. The van der Waals surface area contributed by atoms with Crippen LogP contribution in [0.25, 0.3) is 11.3 Å². The highest BCUT2D eigenvalue weighted by molar-refractivity contribution is 6.01. The zero-order chi connectivity index (χ0) is 18.4. The normalized spacial score (nSPS) is 10.8. The molecule has 0 saturated carbocycles. The molecule has 0 atom stereocenters. The molecule has 0 aliphatic rings. The smallest absolute Gasteiger partial charge is 0.255 e. The second-order valence-electron chi connectivity index (χ2n) is 5.88. The zero-order valence-electron chi connectivity index (χ0n) is 14.9. The lowest BCUT2D eigenvalue weighted by Crippen LogP contribution is -2.27. The summed E-state index contributed by atoms with van der Waals surface area (Å²) in [5.41, 5.74) is 2.87. The standard InChI is InChI=1S/C18H22N6O2/c1-13-16(17(23-21-13)14-6-4-3-5-7-14)18(25)19-9-8-15-22-20-12-24(15)10-11-26-2/h3-7,12H,8-11H2,1-2H3,(H,19,25)(H,21,23). The molecule has 8 heteroatoms. The van der Waals surface area contributed by atoms with Crippen molar-refractivity contribution in [3.05, 3.63) is 53.7 Å². The number of ether oxygens (including phenoxy) is 1. The lowest BCUT2D eigenvalue weighted by Gasteiger charge is -2.08. The summed E-state index contributed by atoms with van der Waals surface area (Å²) in [5, 5.41) is 18.2. The highest BCUT2D eigenvalue weighted by Gasteiger charge is 2.19. The summed E-state index contributed by atoms with van der Waals surface area (Å²) in [6, 6.07) is 9.65. The molecule has 0 fully saturated rings. The summed E-state index contributed by atoms with van der Waals surface area (Å²) in [5.74, 6) is 0.660. The minimum absolute atomic E-state index is 0.155. The van der Waals surface area contributed by atoms with Gasteiger partial charge in [-0.25, -0.2) is 0 Å². The van der Waals surface area contributed by atoms with E-state index in [4.69, 9.17) is 4.74 Å². The van der Waals surface area contributed by atoms with Crippen molar-refractivity contribution >= 4 is 5.91 Å². The van der Waals surface area contributed by atoms with Crippen LogP contribution in [0.2, 0.25) is 0 Å². The first-order valence-corrected chi connectivity index (χ1v) is 8.45. The van der Waals surface area contributed by atoms with Crippen LogP contribution in [0.1, 0.15) is 21.9 Å². The Labute approximate surface area is 151 Å². The number of amides is 1. The van der Waals surface area contributed by atoms with Gasteiger partial charge in [-0.3, -0.25) is 9.89 Å². The van der Waals surface area contributed by atoms with E-state index < -0.39 is 0 Å². The summed E-state index contributed by atoms with van der Waals surface area (Å²) in [6.45, 7) is 3.58. The van der Waals surface area contributed by atoms with Gasteiger partial charge in [0.15, 0.2) is 0 Å². The summed E-state index contributed by atoms with van der Waals surface area (Å²) in [4.78, 5) is 12.7. The number of rotatable bonds is 8. The molecule has 0 radical (unpaired) electrons. The molecular weight excluding hydrogens is 332 g/mol. The third-order valence-electron chi connectivity index (χ3n) is 4.09. The van der Waals surface area contributed by atoms with Gasteiger partial charge in [-0.2, -0.15) is 5.10 Å². The van der Waals surface area contributed by atoms with E-state index in [0.29, 0.717) is 37.4 Å². The fourth-order valence-corrected chi connectivity index (χ4v) is 2.74. The molecule has 0 aliphatic heterocycles. The predicted octanol–water partition coefficient (Wildman–Crippen LogP) is 1.60. The molecule has 3 rings (SSSR count). The average molecular weight is 354 g/mol. The maximum Gasteiger partial charge on any atom is 0.255 e. The third-order valence-corrected chi connectivity index (χ3v) is 4.09. The number of aromatic nitrogens is 5. The number of aromatic amines is 1. The molecule has 2 N–H and O–H groups in total. The average Bonchev–Trinajstić information content (AvgIpc) is 3.27. The highest BCUT2D eigenvalue weighted by atomic mass is 16.5. The van der Waals surface area contributed by atoms with Crippen molar-refractivity contribution in [2.75, 3.05) is 20.3 Å². The number of nitrogens with one attached hydrogen (secondary N) is 2. The Balaban J connectivity index is 1.65. The van der Waals surface area contributed by atoms with Crippen LogP contribution in [0, 0.1) is 6.92 Å². The Morgan fingerprint density at radius 2 is 2.12 bits per heavy atom. The summed E-state index contributed by atoms with van der Waals surface area (Å²) >= 11 is 0. The number of hydrogen-bond donors (Lipinski definition) is 2. The number of H-pyrrole nitrogens is 1. The second-order valence-corrected chi connectivity index (χ2v) is 5.88. The summed E-state index contributed by atoms with van der Waals surface area (Å²) < 4.78 is 7.00. The molecule has 1 aromatic carbocycles. The van der Waals surface area contributed by atoms with E-state index in [1.54, 1.807) is 13.4 Å². The van der Waals surface area contributed by atoms with Gasteiger partial charge in [-0.15, -0.1) is 10.2 Å². The number of carbonyl (C=O) groups is 1. The molecule has 26 heavy (non-hydrogen) atoms. The van der Waals surface area contributed by atoms with E-state index >= 15 is 0 Å². The van der Waals surface area contributed by atoms with Gasteiger partial charge >= 0.3 is 0 Å². The molecule has 2 heterocycles. The highest BCUT2D eigenvalue weighted by Crippen LogP contribution is 2.23. The van der Waals surface area contributed by atoms with Gasteiger partial charge in [-0.05, 0) is 6.92 Å². The van der Waals surface area contributed by atoms with E-state index in [1.807, 2.05) is 41.8 Å². The third kappa shape index (κ3) is 3.97. The first-order valence-electron chi connectivity index (χ1n) is 8.45. The molecule has 8 nitrogen and oxygen atoms in total. The number of hydrogen-bond acceptors (Lipinski definition) is 5. The van der Waals surface area contributed by atoms with E-state index in [1.165, 1.54) is 0 Å². The summed E-state index contributed by atoms with van der Waals surface area (Å²) in [6.07, 6.45) is 2.26. The van der Waals surface area contributed by atoms with E-state index in [2.05, 4.69) is 25.7 Å². The van der Waals surface area contributed by atoms with Gasteiger partial charge in [0.1, 0.15) is 17.8 Å². The monoisotopic (exact) mass is 354 g/mol. The Morgan fingerprint density at radius 1 is 1.31 bits per heavy atom. The van der Waals surface area contributed by atoms with Crippen LogP contribution in [-0.2, 0) is 17.7 Å². The van der Waals surface area contributed by atoms with Crippen LogP contribution >= 0.6 is 0 Å². The molecule has 0 saturated heterocycles. The van der Waals surface area contributed by atoms with Crippen molar-refractivity contribution in [3.63, 3.8) is 0 Å². The Morgan fingerprint density at radius 3 is 2.88 bits per heavy atom. The predicted molar refractivity (Wildman–Crippen MR) is 96.7 cm³/mol. The largest absolute Gasteiger partial charge is 0.383 e. The minimum atomic E-state index is -0.155. The topological polar surface area (TPSA) is 97.7 Å². The van der Waals surface area contributed by atoms with Gasteiger partial charge < -0.3 is 14.6 Å². The van der Waals surface area contributed by atoms with Crippen LogP contribution in [0.15, 0.2) is 36.7 Å². The molecule has 136 valence electrons. The zero-order valence-corrected chi connectivity index (χ0v) is 14.9. The Bertz CT molecular complexity index is 856. The van der Waals surface area contributed by atoms with E-state index in [-0.39, 0.29) is 5.91 Å². The number of aryl methyl sites for hydroxylation is 1. The van der Waals surface area contributed by atoms with E-state index in [9.17, 15) is 4.79 Å². The number of carbonyl (C=O) groups excluding carboxylic acids is 1. The molecule has 2 aromatic heterocycles. The SMILES string of the molecule is COCCn1cnnc1CCNC(=O)c1c(-c2ccccc2)n[nH]c1C. The van der Waals surface area contributed by atoms with Crippen molar-refractivity contribution in [1.82, 2.24) is 30.3 Å². The fraction of sp³-hybridized carbons (Fsp3) is 0.333. The first-order chi connectivity index (χ1) is 12.7. The van der Waals surface area contributed by atoms with Gasteiger partial charge in [0.05, 0.1) is 12.2 Å². The Kier molecular flexibility index (Phi) is 5.75. The van der Waals surface area contributed by atoms with Crippen molar-refractivity contribution < 1.29 is 9.53 Å². The van der Waals surface area contributed by atoms with Crippen LogP contribution in [0.3, 0.4) is 0 Å². The number of benzene rings is 1. The van der Waals surface area contributed by atoms with Gasteiger partial charge in [0.2, 0.25) is 0 Å². The quantitative estimate of drug-likeness (QED) is 0.640. The van der Waals surface area contributed by atoms with Crippen molar-refractivity contribution in [1.29, 1.82) is 0 Å². The van der Waals surface area contributed by atoms with Gasteiger partial charge in [-0.1, -0.05) is 30.3 Å². The number of nitrogens with zero attached hydrogens (tertiary/aromatic N) is 4. The minimum Gasteiger partial charge on any atom is -0.383 e. The lowest BCUT2D eigenvalue weighted by atomic mass is 10.1. The molecule has 0 unspecified atom stereocenters. The second kappa shape index (κ2) is 8.39. The molecule has 3 aromatic rings. The Hall–Kier alpha value is -3.00. The maximum atomic E-state index is 12.7. The first kappa shape index (κ1) is 17.8. The van der Waals surface area contributed by atoms with Crippen molar-refractivity contribution in [2.45, 2.75) is 19.9 Å². The summed E-state index contributed by atoms with van der Waals surface area (Å²) in [7, 11) is 1.65.